The fraction of sp³-hybridized carbons (Fsp3) is 0.875. The number of likely N-dealkylation sites (N-methyl/N-ethyl adjacent to an activating group) is 1. The van der Waals surface area contributed by atoms with Crippen LogP contribution in [-0.2, 0) is 0 Å². The minimum Gasteiger partial charge on any atom is -0.846 e. The van der Waals surface area contributed by atoms with Gasteiger partial charge in [-0.1, -0.05) is 13.8 Å². The normalized spacial score (nSPS) is 12.2. The highest BCUT2D eigenvalue weighted by Gasteiger charge is 1.95. The van der Waals surface area contributed by atoms with Crippen LogP contribution in [0.25, 0.3) is 0 Å². The van der Waals surface area contributed by atoms with Gasteiger partial charge in [-0.05, 0) is 13.1 Å². The van der Waals surface area contributed by atoms with Crippen LogP contribution in [-0.4, -0.2) is 44.1 Å². The Labute approximate surface area is 74.3 Å². The first kappa shape index (κ1) is 11.2. The molecule has 0 saturated carbocycles. The number of nitrogens with one attached hydrogen (secondary N) is 1. The van der Waals surface area contributed by atoms with E-state index in [1.54, 1.807) is 7.05 Å². The molecular weight excluding hydrogens is 154 g/mol. The molecule has 4 nitrogen and oxygen atoms in total. The number of hydrogen-bond donors (Lipinski definition) is 1. The molecule has 0 spiro atoms. The van der Waals surface area contributed by atoms with E-state index in [0.29, 0.717) is 6.54 Å². The van der Waals surface area contributed by atoms with Crippen molar-refractivity contribution in [3.05, 3.63) is 0 Å². The standard InChI is InChI=1S/C8H19N3O/c1-4-11(5-2)7-6-10-8(12)9-3/h4-7H2,1-3H3,(H2,9,10,12)/p-1. The van der Waals surface area contributed by atoms with Crippen LogP contribution in [0.2, 0.25) is 0 Å². The van der Waals surface area contributed by atoms with Crippen molar-refractivity contribution in [1.29, 1.82) is 0 Å². The van der Waals surface area contributed by atoms with E-state index >= 15 is 0 Å². The minimum atomic E-state index is -0.234. The van der Waals surface area contributed by atoms with Crippen molar-refractivity contribution in [3.63, 3.8) is 0 Å². The van der Waals surface area contributed by atoms with Crippen molar-refractivity contribution in [3.8, 4) is 0 Å². The zero-order valence-electron chi connectivity index (χ0n) is 8.13. The highest BCUT2D eigenvalue weighted by Crippen LogP contribution is 1.85. The maximum Gasteiger partial charge on any atom is 0.0527 e. The van der Waals surface area contributed by atoms with Gasteiger partial charge in [0.15, 0.2) is 0 Å². The largest absolute Gasteiger partial charge is 0.846 e. The summed E-state index contributed by atoms with van der Waals surface area (Å²) < 4.78 is 0. The van der Waals surface area contributed by atoms with Gasteiger partial charge in [0, 0.05) is 19.6 Å². The molecule has 1 N–H and O–H groups in total. The lowest BCUT2D eigenvalue weighted by atomic mass is 10.5. The summed E-state index contributed by atoms with van der Waals surface area (Å²) in [7, 11) is 1.59. The molecule has 0 aliphatic carbocycles. The van der Waals surface area contributed by atoms with Gasteiger partial charge >= 0.3 is 0 Å². The van der Waals surface area contributed by atoms with Crippen LogP contribution in [0.5, 0.6) is 0 Å². The summed E-state index contributed by atoms with van der Waals surface area (Å²) in [5.41, 5.74) is 0. The smallest absolute Gasteiger partial charge is 0.0527 e. The summed E-state index contributed by atoms with van der Waals surface area (Å²) in [4.78, 5) is 6.02. The van der Waals surface area contributed by atoms with E-state index < -0.39 is 0 Å². The van der Waals surface area contributed by atoms with Crippen molar-refractivity contribution < 1.29 is 5.11 Å². The summed E-state index contributed by atoms with van der Waals surface area (Å²) in [6, 6.07) is -0.234. The lowest BCUT2D eigenvalue weighted by Crippen LogP contribution is -2.33. The van der Waals surface area contributed by atoms with Crippen LogP contribution >= 0.6 is 0 Å². The van der Waals surface area contributed by atoms with E-state index in [4.69, 9.17) is 0 Å². The first-order valence-corrected chi connectivity index (χ1v) is 4.36. The van der Waals surface area contributed by atoms with Gasteiger partial charge in [0.1, 0.15) is 0 Å². The van der Waals surface area contributed by atoms with Gasteiger partial charge in [0.05, 0.1) is 6.54 Å². The molecule has 0 aliphatic heterocycles. The third-order valence-electron chi connectivity index (χ3n) is 1.78. The Balaban J connectivity index is 3.53. The average molecular weight is 172 g/mol. The van der Waals surface area contributed by atoms with Crippen LogP contribution in [0.15, 0.2) is 4.99 Å². The summed E-state index contributed by atoms with van der Waals surface area (Å²) in [5.74, 6) is 0. The molecule has 0 saturated heterocycles. The van der Waals surface area contributed by atoms with Gasteiger partial charge < -0.3 is 15.3 Å². The van der Waals surface area contributed by atoms with Gasteiger partial charge in [-0.25, -0.2) is 0 Å². The molecule has 0 aromatic carbocycles. The Bertz CT molecular complexity index is 132. The fourth-order valence-electron chi connectivity index (χ4n) is 0.912. The number of rotatable bonds is 5. The van der Waals surface area contributed by atoms with Crippen LogP contribution in [0, 0.1) is 0 Å². The van der Waals surface area contributed by atoms with E-state index in [-0.39, 0.29) is 6.02 Å². The van der Waals surface area contributed by atoms with Crippen LogP contribution in [0.1, 0.15) is 13.8 Å². The van der Waals surface area contributed by atoms with E-state index in [0.717, 1.165) is 19.6 Å². The Morgan fingerprint density at radius 1 is 1.42 bits per heavy atom. The van der Waals surface area contributed by atoms with Crippen molar-refractivity contribution in [1.82, 2.24) is 10.2 Å². The van der Waals surface area contributed by atoms with E-state index in [9.17, 15) is 5.11 Å². The predicted octanol–water partition coefficient (Wildman–Crippen LogP) is -0.736. The average Bonchev–Trinajstić information content (AvgIpc) is 2.12. The van der Waals surface area contributed by atoms with Crippen molar-refractivity contribution in [2.45, 2.75) is 13.8 Å². The minimum absolute atomic E-state index is 0.234. The van der Waals surface area contributed by atoms with Crippen molar-refractivity contribution in [2.75, 3.05) is 33.2 Å². The lowest BCUT2D eigenvalue weighted by molar-refractivity contribution is -0.221. The molecule has 0 rings (SSSR count). The second-order valence-corrected chi connectivity index (χ2v) is 2.46. The number of aliphatic imine (C=N–C) groups is 1. The SMILES string of the molecule is CCN(CC)CCN=C([O-])NC. The zero-order valence-corrected chi connectivity index (χ0v) is 8.13. The summed E-state index contributed by atoms with van der Waals surface area (Å²) in [6.07, 6.45) is 0. The van der Waals surface area contributed by atoms with Gasteiger partial charge in [0.2, 0.25) is 0 Å². The number of nitrogens with zero attached hydrogens (tertiary/aromatic N) is 2. The van der Waals surface area contributed by atoms with Crippen LogP contribution in [0.4, 0.5) is 0 Å². The first-order chi connectivity index (χ1) is 5.74. The lowest BCUT2D eigenvalue weighted by Gasteiger charge is -2.17. The third kappa shape index (κ3) is 4.96. The van der Waals surface area contributed by atoms with Crippen LogP contribution in [0.3, 0.4) is 0 Å². The molecule has 0 aromatic heterocycles. The molecule has 0 bridgehead atoms. The molecule has 72 valence electrons. The van der Waals surface area contributed by atoms with Crippen molar-refractivity contribution >= 4 is 6.02 Å². The maximum atomic E-state index is 10.7. The van der Waals surface area contributed by atoms with Gasteiger partial charge in [-0.15, -0.1) is 0 Å². The fourth-order valence-corrected chi connectivity index (χ4v) is 0.912. The molecular formula is C8H18N3O-. The highest BCUT2D eigenvalue weighted by molar-refractivity contribution is 5.68. The Hall–Kier alpha value is -0.770. The summed E-state index contributed by atoms with van der Waals surface area (Å²) in [6.45, 7) is 7.67. The summed E-state index contributed by atoms with van der Waals surface area (Å²) in [5, 5.41) is 13.1. The molecule has 0 atom stereocenters. The van der Waals surface area contributed by atoms with Crippen molar-refractivity contribution in [2.24, 2.45) is 4.99 Å². The molecule has 12 heavy (non-hydrogen) atoms. The van der Waals surface area contributed by atoms with Crippen LogP contribution < -0.4 is 10.4 Å². The molecule has 0 aromatic rings. The Kier molecular flexibility index (Phi) is 6.47. The molecule has 0 aliphatic rings. The predicted molar refractivity (Wildman–Crippen MR) is 49.1 cm³/mol. The van der Waals surface area contributed by atoms with Gasteiger partial charge in [-0.2, -0.15) is 0 Å². The molecule has 0 radical (unpaired) electrons. The summed E-state index contributed by atoms with van der Waals surface area (Å²) >= 11 is 0. The Morgan fingerprint density at radius 3 is 2.42 bits per heavy atom. The quantitative estimate of drug-likeness (QED) is 0.439. The van der Waals surface area contributed by atoms with E-state index in [2.05, 4.69) is 29.1 Å². The maximum absolute atomic E-state index is 10.7. The van der Waals surface area contributed by atoms with Gasteiger partial charge in [-0.3, -0.25) is 4.99 Å². The number of hydrogen-bond acceptors (Lipinski definition) is 3. The molecule has 0 amide bonds. The van der Waals surface area contributed by atoms with E-state index in [1.165, 1.54) is 0 Å². The monoisotopic (exact) mass is 172 g/mol. The number of amidine groups is 1. The first-order valence-electron chi connectivity index (χ1n) is 4.36. The van der Waals surface area contributed by atoms with E-state index in [1.807, 2.05) is 0 Å². The van der Waals surface area contributed by atoms with Gasteiger partial charge in [0.25, 0.3) is 0 Å². The Morgan fingerprint density at radius 2 is 2.00 bits per heavy atom. The molecule has 4 heteroatoms. The molecule has 0 fully saturated rings. The molecule has 0 heterocycles. The third-order valence-corrected chi connectivity index (χ3v) is 1.78. The zero-order chi connectivity index (χ0) is 9.40. The highest BCUT2D eigenvalue weighted by atomic mass is 16.3. The second-order valence-electron chi connectivity index (χ2n) is 2.46. The molecule has 0 unspecified atom stereocenters. The second kappa shape index (κ2) is 6.91. The topological polar surface area (TPSA) is 50.7 Å².